The van der Waals surface area contributed by atoms with E-state index in [1.54, 1.807) is 0 Å². The molecule has 0 spiro atoms. The van der Waals surface area contributed by atoms with Crippen molar-refractivity contribution in [2.75, 3.05) is 5.75 Å². The van der Waals surface area contributed by atoms with Gasteiger partial charge in [-0.1, -0.05) is 60.3 Å². The molecular weight excluding hydrogens is 284 g/mol. The van der Waals surface area contributed by atoms with E-state index in [1.165, 1.54) is 11.8 Å². The molecule has 0 amide bonds. The van der Waals surface area contributed by atoms with Gasteiger partial charge in [0.2, 0.25) is 0 Å². The number of carboxylic acid groups (broad SMARTS) is 1. The van der Waals surface area contributed by atoms with Crippen LogP contribution in [-0.2, 0) is 4.79 Å². The number of hydrogen-bond donors (Lipinski definition) is 1. The molecule has 3 rings (SSSR count). The number of carboxylic acids is 1. The third-order valence-corrected chi connectivity index (χ3v) is 3.91. The first-order chi connectivity index (χ1) is 10.2. The van der Waals surface area contributed by atoms with Crippen LogP contribution in [0, 0.1) is 0 Å². The Morgan fingerprint density at radius 2 is 1.71 bits per heavy atom. The van der Waals surface area contributed by atoms with E-state index < -0.39 is 5.97 Å². The molecule has 0 saturated heterocycles. The lowest BCUT2D eigenvalue weighted by molar-refractivity contribution is -0.133. The van der Waals surface area contributed by atoms with Crippen molar-refractivity contribution < 1.29 is 9.90 Å². The van der Waals surface area contributed by atoms with Crippen LogP contribution in [0.3, 0.4) is 0 Å². The monoisotopic (exact) mass is 296 g/mol. The van der Waals surface area contributed by atoms with Crippen molar-refractivity contribution in [3.05, 3.63) is 54.6 Å². The first-order valence-corrected chi connectivity index (χ1v) is 7.39. The van der Waals surface area contributed by atoms with Gasteiger partial charge in [0.05, 0.1) is 11.3 Å². The third-order valence-electron chi connectivity index (χ3n) is 2.93. The number of fused-ring (bicyclic) bond motifs is 1. The lowest BCUT2D eigenvalue weighted by Gasteiger charge is -2.07. The largest absolute Gasteiger partial charge is 0.481 e. The number of aromatic nitrogens is 2. The average Bonchev–Trinajstić information content (AvgIpc) is 2.53. The van der Waals surface area contributed by atoms with Gasteiger partial charge in [-0.05, 0) is 6.07 Å². The fraction of sp³-hybridized carbons (Fsp3) is 0.0625. The van der Waals surface area contributed by atoms with E-state index in [1.807, 2.05) is 54.6 Å². The molecule has 0 saturated carbocycles. The Bertz CT molecular complexity index is 791. The summed E-state index contributed by atoms with van der Waals surface area (Å²) < 4.78 is 0. The number of hydrogen-bond acceptors (Lipinski definition) is 4. The van der Waals surface area contributed by atoms with E-state index in [9.17, 15) is 4.79 Å². The number of carbonyl (C=O) groups is 1. The highest BCUT2D eigenvalue weighted by molar-refractivity contribution is 8.00. The molecule has 0 fully saturated rings. The Morgan fingerprint density at radius 1 is 1.00 bits per heavy atom. The fourth-order valence-corrected chi connectivity index (χ4v) is 2.74. The summed E-state index contributed by atoms with van der Waals surface area (Å²) in [5.41, 5.74) is 1.74. The second-order valence-corrected chi connectivity index (χ2v) is 5.38. The van der Waals surface area contributed by atoms with Gasteiger partial charge in [0.25, 0.3) is 0 Å². The van der Waals surface area contributed by atoms with Crippen LogP contribution in [0.1, 0.15) is 0 Å². The predicted octanol–water partition coefficient (Wildman–Crippen LogP) is 3.47. The van der Waals surface area contributed by atoms with E-state index in [-0.39, 0.29) is 5.75 Å². The van der Waals surface area contributed by atoms with Crippen LogP contribution in [0.15, 0.2) is 59.6 Å². The van der Waals surface area contributed by atoms with Gasteiger partial charge in [-0.15, -0.1) is 0 Å². The quantitative estimate of drug-likeness (QED) is 0.590. The Balaban J connectivity index is 2.12. The highest BCUT2D eigenvalue weighted by atomic mass is 32.2. The van der Waals surface area contributed by atoms with Crippen LogP contribution in [0.25, 0.3) is 22.3 Å². The van der Waals surface area contributed by atoms with E-state index in [0.717, 1.165) is 16.5 Å². The van der Waals surface area contributed by atoms with Crippen LogP contribution in [0.4, 0.5) is 0 Å². The SMILES string of the molecule is O=C(O)CSc1nc(-c2ccccc2)nc2ccccc12. The van der Waals surface area contributed by atoms with Crippen molar-refractivity contribution in [3.8, 4) is 11.4 Å². The van der Waals surface area contributed by atoms with Crippen molar-refractivity contribution in [2.45, 2.75) is 5.03 Å². The molecule has 3 aromatic rings. The summed E-state index contributed by atoms with van der Waals surface area (Å²) in [6.45, 7) is 0. The first kappa shape index (κ1) is 13.6. The van der Waals surface area contributed by atoms with E-state index in [0.29, 0.717) is 10.9 Å². The van der Waals surface area contributed by atoms with Gasteiger partial charge in [-0.3, -0.25) is 4.79 Å². The van der Waals surface area contributed by atoms with E-state index >= 15 is 0 Å². The van der Waals surface area contributed by atoms with Crippen LogP contribution in [-0.4, -0.2) is 26.8 Å². The van der Waals surface area contributed by atoms with E-state index in [2.05, 4.69) is 9.97 Å². The highest BCUT2D eigenvalue weighted by Gasteiger charge is 2.10. The molecule has 5 heteroatoms. The van der Waals surface area contributed by atoms with Gasteiger partial charge < -0.3 is 5.11 Å². The fourth-order valence-electron chi connectivity index (χ4n) is 2.00. The normalized spacial score (nSPS) is 10.7. The zero-order chi connectivity index (χ0) is 14.7. The molecule has 0 unspecified atom stereocenters. The summed E-state index contributed by atoms with van der Waals surface area (Å²) in [5, 5.41) is 10.4. The molecule has 1 N–H and O–H groups in total. The number of para-hydroxylation sites is 1. The molecule has 0 radical (unpaired) electrons. The van der Waals surface area contributed by atoms with Crippen LogP contribution in [0.5, 0.6) is 0 Å². The van der Waals surface area contributed by atoms with Gasteiger partial charge >= 0.3 is 5.97 Å². The average molecular weight is 296 g/mol. The summed E-state index contributed by atoms with van der Waals surface area (Å²) in [5.74, 6) is -0.263. The molecule has 104 valence electrons. The Morgan fingerprint density at radius 3 is 2.48 bits per heavy atom. The smallest absolute Gasteiger partial charge is 0.313 e. The van der Waals surface area contributed by atoms with Crippen molar-refractivity contribution >= 4 is 28.6 Å². The van der Waals surface area contributed by atoms with Crippen molar-refractivity contribution in [1.29, 1.82) is 0 Å². The number of benzene rings is 2. The van der Waals surface area contributed by atoms with Crippen molar-refractivity contribution in [3.63, 3.8) is 0 Å². The predicted molar refractivity (Wildman–Crippen MR) is 83.3 cm³/mol. The third kappa shape index (κ3) is 3.03. The molecule has 0 atom stereocenters. The maximum Gasteiger partial charge on any atom is 0.313 e. The summed E-state index contributed by atoms with van der Waals surface area (Å²) in [7, 11) is 0. The molecule has 0 bridgehead atoms. The molecule has 21 heavy (non-hydrogen) atoms. The molecule has 1 heterocycles. The molecule has 0 aliphatic heterocycles. The molecule has 1 aromatic heterocycles. The van der Waals surface area contributed by atoms with Gasteiger partial charge in [-0.25, -0.2) is 9.97 Å². The Labute approximate surface area is 125 Å². The van der Waals surface area contributed by atoms with Gasteiger partial charge in [0.15, 0.2) is 5.82 Å². The molecular formula is C16H12N2O2S. The first-order valence-electron chi connectivity index (χ1n) is 6.41. The summed E-state index contributed by atoms with van der Waals surface area (Å²) in [6, 6.07) is 17.3. The topological polar surface area (TPSA) is 63.1 Å². The van der Waals surface area contributed by atoms with Gasteiger partial charge in [0.1, 0.15) is 5.03 Å². The minimum absolute atomic E-state index is 0.0186. The molecule has 0 aliphatic rings. The standard InChI is InChI=1S/C16H12N2O2S/c19-14(20)10-21-16-12-8-4-5-9-13(12)17-15(18-16)11-6-2-1-3-7-11/h1-9H,10H2,(H,19,20). The van der Waals surface area contributed by atoms with Gasteiger partial charge in [-0.2, -0.15) is 0 Å². The van der Waals surface area contributed by atoms with E-state index in [4.69, 9.17) is 5.11 Å². The number of aliphatic carboxylic acids is 1. The molecule has 2 aromatic carbocycles. The molecule has 4 nitrogen and oxygen atoms in total. The lowest BCUT2D eigenvalue weighted by atomic mass is 10.2. The number of nitrogens with zero attached hydrogens (tertiary/aromatic N) is 2. The number of rotatable bonds is 4. The Hall–Kier alpha value is -2.40. The zero-order valence-corrected chi connectivity index (χ0v) is 11.9. The number of thioether (sulfide) groups is 1. The summed E-state index contributed by atoms with van der Waals surface area (Å²) in [4.78, 5) is 19.9. The zero-order valence-electron chi connectivity index (χ0n) is 11.1. The van der Waals surface area contributed by atoms with Crippen LogP contribution in [0.2, 0.25) is 0 Å². The van der Waals surface area contributed by atoms with Gasteiger partial charge in [0, 0.05) is 10.9 Å². The van der Waals surface area contributed by atoms with Crippen LogP contribution < -0.4 is 0 Å². The Kier molecular flexibility index (Phi) is 3.83. The summed E-state index contributed by atoms with van der Waals surface area (Å²) >= 11 is 1.22. The van der Waals surface area contributed by atoms with Crippen LogP contribution >= 0.6 is 11.8 Å². The lowest BCUT2D eigenvalue weighted by Crippen LogP contribution is -2.00. The highest BCUT2D eigenvalue weighted by Crippen LogP contribution is 2.28. The maximum absolute atomic E-state index is 10.8. The second-order valence-electron chi connectivity index (χ2n) is 4.42. The summed E-state index contributed by atoms with van der Waals surface area (Å²) in [6.07, 6.45) is 0. The minimum atomic E-state index is -0.857. The van der Waals surface area contributed by atoms with Crippen molar-refractivity contribution in [2.24, 2.45) is 0 Å². The molecule has 0 aliphatic carbocycles. The second kappa shape index (κ2) is 5.93. The maximum atomic E-state index is 10.8. The minimum Gasteiger partial charge on any atom is -0.481 e. The van der Waals surface area contributed by atoms with Crippen molar-refractivity contribution in [1.82, 2.24) is 9.97 Å².